The summed E-state index contributed by atoms with van der Waals surface area (Å²) in [5, 5.41) is 5.91. The van der Waals surface area contributed by atoms with Gasteiger partial charge in [-0.1, -0.05) is 11.2 Å². The molecule has 1 fully saturated rings. The van der Waals surface area contributed by atoms with Crippen LogP contribution in [0.25, 0.3) is 0 Å². The number of hydrogen-bond acceptors (Lipinski definition) is 6. The third-order valence-electron chi connectivity index (χ3n) is 3.97. The monoisotopic (exact) mass is 318 g/mol. The van der Waals surface area contributed by atoms with Crippen molar-refractivity contribution in [1.82, 2.24) is 10.2 Å². The van der Waals surface area contributed by atoms with E-state index in [-0.39, 0.29) is 0 Å². The average Bonchev–Trinajstić information content (AvgIpc) is 3.17. The van der Waals surface area contributed by atoms with Gasteiger partial charge in [-0.2, -0.15) is 5.06 Å². The molecule has 1 aromatic carbocycles. The fraction of sp³-hybridized carbons (Fsp3) is 0.471. The number of methoxy groups -OCH3 is 1. The predicted octanol–water partition coefficient (Wildman–Crippen LogP) is 3.02. The van der Waals surface area contributed by atoms with Gasteiger partial charge < -0.3 is 14.0 Å². The molecule has 23 heavy (non-hydrogen) atoms. The van der Waals surface area contributed by atoms with Crippen LogP contribution in [0.2, 0.25) is 0 Å². The largest absolute Gasteiger partial charge is 0.493 e. The Bertz CT molecular complexity index is 643. The lowest BCUT2D eigenvalue weighted by molar-refractivity contribution is -0.117. The minimum atomic E-state index is 0.409. The number of hydrogen-bond donors (Lipinski definition) is 0. The van der Waals surface area contributed by atoms with Gasteiger partial charge in [0.1, 0.15) is 12.4 Å². The van der Waals surface area contributed by atoms with Crippen molar-refractivity contribution in [2.24, 2.45) is 0 Å². The van der Waals surface area contributed by atoms with E-state index >= 15 is 0 Å². The Morgan fingerprint density at radius 1 is 1.26 bits per heavy atom. The minimum Gasteiger partial charge on any atom is -0.493 e. The maximum absolute atomic E-state index is 5.89. The molecule has 0 spiro atoms. The summed E-state index contributed by atoms with van der Waals surface area (Å²) < 4.78 is 16.5. The Morgan fingerprint density at radius 3 is 2.78 bits per heavy atom. The van der Waals surface area contributed by atoms with Crippen molar-refractivity contribution >= 4 is 0 Å². The first-order chi connectivity index (χ1) is 11.2. The molecule has 2 heterocycles. The van der Waals surface area contributed by atoms with Crippen LogP contribution < -0.4 is 9.47 Å². The van der Waals surface area contributed by atoms with Crippen molar-refractivity contribution in [1.29, 1.82) is 0 Å². The van der Waals surface area contributed by atoms with Gasteiger partial charge in [-0.15, -0.1) is 0 Å². The van der Waals surface area contributed by atoms with E-state index < -0.39 is 0 Å². The van der Waals surface area contributed by atoms with Gasteiger partial charge in [0.2, 0.25) is 0 Å². The van der Waals surface area contributed by atoms with Crippen molar-refractivity contribution in [3.05, 3.63) is 40.8 Å². The highest BCUT2D eigenvalue weighted by molar-refractivity contribution is 5.43. The van der Waals surface area contributed by atoms with Crippen LogP contribution in [0, 0.1) is 13.8 Å². The molecule has 0 atom stereocenters. The van der Waals surface area contributed by atoms with E-state index in [0.717, 1.165) is 48.7 Å². The van der Waals surface area contributed by atoms with Gasteiger partial charge in [-0.25, -0.2) is 0 Å². The molecule has 0 saturated carbocycles. The second-order valence-corrected chi connectivity index (χ2v) is 5.63. The second kappa shape index (κ2) is 7.02. The Kier molecular flexibility index (Phi) is 4.83. The van der Waals surface area contributed by atoms with Crippen LogP contribution in [0.15, 0.2) is 22.7 Å². The summed E-state index contributed by atoms with van der Waals surface area (Å²) in [7, 11) is 1.65. The van der Waals surface area contributed by atoms with Gasteiger partial charge in [0, 0.05) is 13.1 Å². The number of hydroxylamine groups is 2. The van der Waals surface area contributed by atoms with Crippen LogP contribution in [-0.2, 0) is 18.0 Å². The molecule has 1 aliphatic rings. The van der Waals surface area contributed by atoms with Crippen LogP contribution in [-0.4, -0.2) is 30.5 Å². The number of nitrogens with zero attached hydrogens (tertiary/aromatic N) is 2. The standard InChI is InChI=1S/C17H22N2O4/c1-12-15(13(2)23-18-12)11-21-16-6-5-14(9-17(16)20-3)10-19-7-4-8-22-19/h5-6,9H,4,7-8,10-11H2,1-3H3. The Labute approximate surface area is 135 Å². The van der Waals surface area contributed by atoms with Gasteiger partial charge in [0.05, 0.1) is 25.0 Å². The maximum atomic E-state index is 5.89. The van der Waals surface area contributed by atoms with Gasteiger partial charge >= 0.3 is 0 Å². The number of ether oxygens (including phenoxy) is 2. The van der Waals surface area contributed by atoms with Gasteiger partial charge in [0.15, 0.2) is 11.5 Å². The summed E-state index contributed by atoms with van der Waals surface area (Å²) in [4.78, 5) is 5.53. The minimum absolute atomic E-state index is 0.409. The summed E-state index contributed by atoms with van der Waals surface area (Å²) in [5.74, 6) is 2.20. The molecule has 0 N–H and O–H groups in total. The lowest BCUT2D eigenvalue weighted by atomic mass is 10.2. The van der Waals surface area contributed by atoms with Crippen LogP contribution in [0.4, 0.5) is 0 Å². The van der Waals surface area contributed by atoms with Gasteiger partial charge in [-0.05, 0) is 38.0 Å². The fourth-order valence-corrected chi connectivity index (χ4v) is 2.61. The summed E-state index contributed by atoms with van der Waals surface area (Å²) in [6, 6.07) is 5.96. The van der Waals surface area contributed by atoms with Crippen LogP contribution in [0.3, 0.4) is 0 Å². The van der Waals surface area contributed by atoms with E-state index in [1.807, 2.05) is 37.1 Å². The zero-order chi connectivity index (χ0) is 16.2. The number of aromatic nitrogens is 1. The van der Waals surface area contributed by atoms with Crippen molar-refractivity contribution in [3.63, 3.8) is 0 Å². The molecule has 0 unspecified atom stereocenters. The van der Waals surface area contributed by atoms with E-state index in [9.17, 15) is 0 Å². The molecule has 6 nitrogen and oxygen atoms in total. The quantitative estimate of drug-likeness (QED) is 0.816. The molecule has 3 rings (SSSR count). The van der Waals surface area contributed by atoms with Crippen molar-refractivity contribution < 1.29 is 18.8 Å². The van der Waals surface area contributed by atoms with E-state index in [0.29, 0.717) is 18.1 Å². The van der Waals surface area contributed by atoms with E-state index in [2.05, 4.69) is 5.16 Å². The Balaban J connectivity index is 1.69. The molecule has 0 bridgehead atoms. The zero-order valence-corrected chi connectivity index (χ0v) is 13.8. The molecule has 6 heteroatoms. The van der Waals surface area contributed by atoms with Gasteiger partial charge in [-0.3, -0.25) is 4.84 Å². The predicted molar refractivity (Wildman–Crippen MR) is 84.3 cm³/mol. The van der Waals surface area contributed by atoms with Crippen molar-refractivity contribution in [2.75, 3.05) is 20.3 Å². The second-order valence-electron chi connectivity index (χ2n) is 5.63. The van der Waals surface area contributed by atoms with E-state index in [4.69, 9.17) is 18.8 Å². The normalized spacial score (nSPS) is 15.1. The third kappa shape index (κ3) is 3.65. The van der Waals surface area contributed by atoms with E-state index in [1.165, 1.54) is 0 Å². The summed E-state index contributed by atoms with van der Waals surface area (Å²) in [6.45, 7) is 6.72. The molecule has 1 saturated heterocycles. The number of benzene rings is 1. The highest BCUT2D eigenvalue weighted by atomic mass is 16.7. The highest BCUT2D eigenvalue weighted by Gasteiger charge is 2.15. The average molecular weight is 318 g/mol. The van der Waals surface area contributed by atoms with Crippen LogP contribution >= 0.6 is 0 Å². The lowest BCUT2D eigenvalue weighted by Crippen LogP contribution is -2.17. The summed E-state index contributed by atoms with van der Waals surface area (Å²) >= 11 is 0. The van der Waals surface area contributed by atoms with Crippen molar-refractivity contribution in [3.8, 4) is 11.5 Å². The first kappa shape index (κ1) is 15.8. The van der Waals surface area contributed by atoms with Gasteiger partial charge in [0.25, 0.3) is 0 Å². The maximum Gasteiger partial charge on any atom is 0.161 e. The molecule has 124 valence electrons. The Morgan fingerprint density at radius 2 is 2.13 bits per heavy atom. The van der Waals surface area contributed by atoms with Crippen molar-refractivity contribution in [2.45, 2.75) is 33.4 Å². The topological polar surface area (TPSA) is 57.0 Å². The van der Waals surface area contributed by atoms with Crippen LogP contribution in [0.1, 0.15) is 29.0 Å². The highest BCUT2D eigenvalue weighted by Crippen LogP contribution is 2.30. The summed E-state index contributed by atoms with van der Waals surface area (Å²) in [5.41, 5.74) is 2.96. The third-order valence-corrected chi connectivity index (χ3v) is 3.97. The van der Waals surface area contributed by atoms with E-state index in [1.54, 1.807) is 7.11 Å². The Hall–Kier alpha value is -2.05. The molecule has 2 aromatic rings. The molecular formula is C17H22N2O4. The summed E-state index contributed by atoms with van der Waals surface area (Å²) in [6.07, 6.45) is 1.08. The van der Waals surface area contributed by atoms with Crippen LogP contribution in [0.5, 0.6) is 11.5 Å². The number of aryl methyl sites for hydroxylation is 2. The lowest BCUT2D eigenvalue weighted by Gasteiger charge is -2.16. The molecular weight excluding hydrogens is 296 g/mol. The molecule has 0 aliphatic carbocycles. The molecule has 1 aliphatic heterocycles. The first-order valence-corrected chi connectivity index (χ1v) is 7.76. The first-order valence-electron chi connectivity index (χ1n) is 7.76. The SMILES string of the molecule is COc1cc(CN2CCCO2)ccc1OCc1c(C)noc1C. The zero-order valence-electron chi connectivity index (χ0n) is 13.8. The molecule has 0 amide bonds. The molecule has 1 aromatic heterocycles. The number of rotatable bonds is 6. The fourth-order valence-electron chi connectivity index (χ4n) is 2.61. The molecule has 0 radical (unpaired) electrons. The smallest absolute Gasteiger partial charge is 0.161 e.